The molecule has 1 aliphatic rings. The van der Waals surface area contributed by atoms with Crippen LogP contribution < -0.4 is 0 Å². The zero-order chi connectivity index (χ0) is 16.7. The molecule has 2 aromatic rings. The van der Waals surface area contributed by atoms with Crippen LogP contribution in [0, 0.1) is 0 Å². The lowest BCUT2D eigenvalue weighted by Crippen LogP contribution is -2.45. The van der Waals surface area contributed by atoms with Gasteiger partial charge in [-0.05, 0) is 44.4 Å². The van der Waals surface area contributed by atoms with E-state index in [4.69, 9.17) is 4.84 Å². The summed E-state index contributed by atoms with van der Waals surface area (Å²) in [6.45, 7) is 11.9. The summed E-state index contributed by atoms with van der Waals surface area (Å²) in [4.78, 5) is 6.37. The topological polar surface area (TPSA) is 12.5 Å². The van der Waals surface area contributed by atoms with Crippen LogP contribution in [-0.2, 0) is 15.9 Å². The van der Waals surface area contributed by atoms with Crippen molar-refractivity contribution < 1.29 is 4.84 Å². The Kier molecular flexibility index (Phi) is 4.07. The lowest BCUT2D eigenvalue weighted by Gasteiger charge is -2.40. The van der Waals surface area contributed by atoms with E-state index in [2.05, 4.69) is 94.3 Å². The molecule has 1 atom stereocenters. The Bertz CT molecular complexity index is 640. The molecule has 23 heavy (non-hydrogen) atoms. The fraction of sp³-hybridized carbons (Fsp3) is 0.429. The van der Waals surface area contributed by atoms with E-state index in [1.165, 1.54) is 16.7 Å². The minimum atomic E-state index is -0.128. The number of rotatable bonds is 4. The molecule has 3 rings (SSSR count). The van der Waals surface area contributed by atoms with Gasteiger partial charge in [0.1, 0.15) is 0 Å². The molecule has 0 saturated carbocycles. The molecular weight excluding hydrogens is 282 g/mol. The summed E-state index contributed by atoms with van der Waals surface area (Å²) in [6.07, 6.45) is 0. The van der Waals surface area contributed by atoms with Gasteiger partial charge in [0.05, 0.1) is 17.7 Å². The molecule has 0 bridgehead atoms. The van der Waals surface area contributed by atoms with Crippen LogP contribution in [0.4, 0.5) is 0 Å². The van der Waals surface area contributed by atoms with Crippen molar-refractivity contribution in [3.63, 3.8) is 0 Å². The highest BCUT2D eigenvalue weighted by Gasteiger charge is 2.50. The van der Waals surface area contributed by atoms with Gasteiger partial charge in [0, 0.05) is 5.92 Å². The number of hydrogen-bond donors (Lipinski definition) is 0. The molecule has 0 saturated heterocycles. The zero-order valence-electron chi connectivity index (χ0n) is 14.8. The van der Waals surface area contributed by atoms with Gasteiger partial charge in [-0.25, -0.2) is 0 Å². The van der Waals surface area contributed by atoms with Gasteiger partial charge >= 0.3 is 0 Å². The summed E-state index contributed by atoms with van der Waals surface area (Å²) in [5.41, 5.74) is 3.78. The Balaban J connectivity index is 1.81. The highest BCUT2D eigenvalue weighted by Crippen LogP contribution is 2.49. The van der Waals surface area contributed by atoms with Crippen LogP contribution in [0.1, 0.15) is 57.2 Å². The molecular formula is C21H27NO. The molecule has 2 nitrogen and oxygen atoms in total. The second-order valence-electron chi connectivity index (χ2n) is 7.57. The maximum atomic E-state index is 6.37. The maximum absolute atomic E-state index is 6.37. The van der Waals surface area contributed by atoms with Gasteiger partial charge in [0.2, 0.25) is 0 Å². The molecule has 122 valence electrons. The van der Waals surface area contributed by atoms with Crippen molar-refractivity contribution in [1.29, 1.82) is 0 Å². The largest absolute Gasteiger partial charge is 0.297 e. The van der Waals surface area contributed by atoms with E-state index < -0.39 is 0 Å². The number of fused-ring (bicyclic) bond motifs is 1. The Morgan fingerprint density at radius 2 is 1.30 bits per heavy atom. The van der Waals surface area contributed by atoms with Crippen LogP contribution in [0.25, 0.3) is 0 Å². The second kappa shape index (κ2) is 5.77. The van der Waals surface area contributed by atoms with E-state index in [9.17, 15) is 0 Å². The van der Waals surface area contributed by atoms with Crippen molar-refractivity contribution in [2.24, 2.45) is 0 Å². The third-order valence-electron chi connectivity index (χ3n) is 5.08. The normalized spacial score (nSPS) is 20.2. The first-order valence-electron chi connectivity index (χ1n) is 8.43. The fourth-order valence-corrected chi connectivity index (χ4v) is 3.85. The Morgan fingerprint density at radius 1 is 0.826 bits per heavy atom. The van der Waals surface area contributed by atoms with Gasteiger partial charge in [-0.15, -0.1) is 0 Å². The summed E-state index contributed by atoms with van der Waals surface area (Å²) >= 11 is 0. The van der Waals surface area contributed by atoms with Crippen molar-refractivity contribution in [3.8, 4) is 0 Å². The predicted octanol–water partition coefficient (Wildman–Crippen LogP) is 5.21. The molecule has 0 spiro atoms. The molecule has 2 aromatic carbocycles. The Labute approximate surface area is 140 Å². The van der Waals surface area contributed by atoms with Crippen molar-refractivity contribution >= 4 is 0 Å². The second-order valence-corrected chi connectivity index (χ2v) is 7.57. The molecule has 0 N–H and O–H groups in total. The van der Waals surface area contributed by atoms with Gasteiger partial charge in [-0.2, -0.15) is 5.06 Å². The third-order valence-corrected chi connectivity index (χ3v) is 5.08. The van der Waals surface area contributed by atoms with Crippen molar-refractivity contribution in [2.75, 3.05) is 6.61 Å². The zero-order valence-corrected chi connectivity index (χ0v) is 14.8. The summed E-state index contributed by atoms with van der Waals surface area (Å²) in [7, 11) is 0. The number of hydroxylamine groups is 2. The van der Waals surface area contributed by atoms with Crippen molar-refractivity contribution in [1.82, 2.24) is 5.06 Å². The molecule has 2 heteroatoms. The predicted molar refractivity (Wildman–Crippen MR) is 95.1 cm³/mol. The van der Waals surface area contributed by atoms with Crippen LogP contribution in [-0.4, -0.2) is 11.7 Å². The number of nitrogens with zero attached hydrogens (tertiary/aromatic N) is 1. The van der Waals surface area contributed by atoms with E-state index in [1.807, 2.05) is 0 Å². The molecule has 0 aliphatic carbocycles. The quantitative estimate of drug-likeness (QED) is 0.769. The highest BCUT2D eigenvalue weighted by molar-refractivity contribution is 5.42. The monoisotopic (exact) mass is 309 g/mol. The first kappa shape index (κ1) is 16.2. The average Bonchev–Trinajstić information content (AvgIpc) is 2.70. The number of benzene rings is 2. The number of hydrogen-bond acceptors (Lipinski definition) is 2. The average molecular weight is 309 g/mol. The van der Waals surface area contributed by atoms with E-state index in [1.54, 1.807) is 0 Å². The summed E-state index contributed by atoms with van der Waals surface area (Å²) < 4.78 is 0. The van der Waals surface area contributed by atoms with E-state index >= 15 is 0 Å². The summed E-state index contributed by atoms with van der Waals surface area (Å²) in [5, 5.41) is 2.18. The van der Waals surface area contributed by atoms with Gasteiger partial charge in [-0.1, -0.05) is 61.5 Å². The van der Waals surface area contributed by atoms with Crippen LogP contribution in [0.5, 0.6) is 0 Å². The summed E-state index contributed by atoms with van der Waals surface area (Å²) in [6, 6.07) is 19.3. The van der Waals surface area contributed by atoms with Gasteiger partial charge in [0.15, 0.2) is 0 Å². The SMILES string of the molecule is CC(CON1C(C)(C)c2ccccc2C1(C)C)c1ccccc1. The first-order chi connectivity index (χ1) is 10.8. The van der Waals surface area contributed by atoms with Crippen LogP contribution >= 0.6 is 0 Å². The fourth-order valence-electron chi connectivity index (χ4n) is 3.85. The Hall–Kier alpha value is -1.64. The summed E-state index contributed by atoms with van der Waals surface area (Å²) in [5.74, 6) is 0.367. The van der Waals surface area contributed by atoms with Gasteiger partial charge < -0.3 is 0 Å². The van der Waals surface area contributed by atoms with Gasteiger partial charge in [-0.3, -0.25) is 4.84 Å². The van der Waals surface area contributed by atoms with Gasteiger partial charge in [0.25, 0.3) is 0 Å². The molecule has 1 unspecified atom stereocenters. The molecule has 1 aliphatic heterocycles. The third kappa shape index (κ3) is 2.71. The van der Waals surface area contributed by atoms with Crippen LogP contribution in [0.15, 0.2) is 54.6 Å². The van der Waals surface area contributed by atoms with E-state index in [-0.39, 0.29) is 11.1 Å². The van der Waals surface area contributed by atoms with E-state index in [0.717, 1.165) is 0 Å². The minimum Gasteiger partial charge on any atom is -0.297 e. The standard InChI is InChI=1S/C21H27NO/c1-16(17-11-7-6-8-12-17)15-23-22-20(2,3)18-13-9-10-14-19(18)21(22,4)5/h6-14,16H,15H2,1-5H3. The van der Waals surface area contributed by atoms with Crippen molar-refractivity contribution in [2.45, 2.75) is 51.6 Å². The van der Waals surface area contributed by atoms with Crippen LogP contribution in [0.2, 0.25) is 0 Å². The molecule has 0 amide bonds. The lowest BCUT2D eigenvalue weighted by molar-refractivity contribution is -0.262. The minimum absolute atomic E-state index is 0.128. The molecule has 1 heterocycles. The maximum Gasteiger partial charge on any atom is 0.0751 e. The smallest absolute Gasteiger partial charge is 0.0751 e. The van der Waals surface area contributed by atoms with Crippen molar-refractivity contribution in [3.05, 3.63) is 71.3 Å². The molecule has 0 radical (unpaired) electrons. The lowest BCUT2D eigenvalue weighted by atomic mass is 9.91. The Morgan fingerprint density at radius 3 is 1.83 bits per heavy atom. The van der Waals surface area contributed by atoms with Crippen LogP contribution in [0.3, 0.4) is 0 Å². The molecule has 0 fully saturated rings. The highest BCUT2D eigenvalue weighted by atomic mass is 16.7. The first-order valence-corrected chi connectivity index (χ1v) is 8.43. The van der Waals surface area contributed by atoms with E-state index in [0.29, 0.717) is 12.5 Å². The molecule has 0 aromatic heterocycles.